The van der Waals surface area contributed by atoms with E-state index in [0.717, 1.165) is 12.1 Å². The Kier molecular flexibility index (Phi) is 6.01. The van der Waals surface area contributed by atoms with Crippen LogP contribution in [0.1, 0.15) is 39.8 Å². The van der Waals surface area contributed by atoms with Crippen LogP contribution in [0.4, 0.5) is 4.79 Å². The van der Waals surface area contributed by atoms with Gasteiger partial charge in [-0.2, -0.15) is 0 Å². The average molecular weight is 325 g/mol. The summed E-state index contributed by atoms with van der Waals surface area (Å²) in [6.45, 7) is 10.0. The van der Waals surface area contributed by atoms with Gasteiger partial charge in [-0.15, -0.1) is 0 Å². The van der Waals surface area contributed by atoms with Gasteiger partial charge in [0.25, 0.3) is 0 Å². The van der Waals surface area contributed by atoms with Crippen LogP contribution in [-0.4, -0.2) is 53.6 Å². The first-order valence-electron chi connectivity index (χ1n) is 8.05. The summed E-state index contributed by atoms with van der Waals surface area (Å²) in [5, 5.41) is 7.25. The summed E-state index contributed by atoms with van der Waals surface area (Å²) < 4.78 is 15.8. The summed E-state index contributed by atoms with van der Waals surface area (Å²) in [7, 11) is 0. The molecule has 2 rings (SSSR count). The van der Waals surface area contributed by atoms with Gasteiger partial charge in [0.2, 0.25) is 0 Å². The number of nitrogens with one attached hydrogen (secondary N) is 1. The summed E-state index contributed by atoms with van der Waals surface area (Å²) in [5.41, 5.74) is 0.372. The molecule has 7 nitrogen and oxygen atoms in total. The molecule has 0 spiro atoms. The number of amides is 1. The zero-order chi connectivity index (χ0) is 16.9. The number of carbonyl (C=O) groups excluding carboxylic acids is 1. The molecule has 2 heterocycles. The van der Waals surface area contributed by atoms with Crippen LogP contribution in [0.3, 0.4) is 0 Å². The molecule has 0 saturated carbocycles. The van der Waals surface area contributed by atoms with Crippen LogP contribution in [0.2, 0.25) is 0 Å². The standard InChI is InChI=1S/C16H27N3O4/c1-12(17-10-13-5-7-22-18-13)9-14-11-21-8-6-19(14)15(20)23-16(2,3)4/h5,7,12,14,17H,6,8-11H2,1-4H3. The molecule has 1 aliphatic heterocycles. The van der Waals surface area contributed by atoms with Gasteiger partial charge in [0.05, 0.1) is 24.9 Å². The van der Waals surface area contributed by atoms with E-state index < -0.39 is 5.60 Å². The average Bonchev–Trinajstić information content (AvgIpc) is 2.97. The fraction of sp³-hybridized carbons (Fsp3) is 0.750. The molecule has 0 bridgehead atoms. The summed E-state index contributed by atoms with van der Waals surface area (Å²) in [6, 6.07) is 2.05. The van der Waals surface area contributed by atoms with Gasteiger partial charge < -0.3 is 24.2 Å². The van der Waals surface area contributed by atoms with E-state index in [1.165, 1.54) is 0 Å². The maximum Gasteiger partial charge on any atom is 0.410 e. The molecule has 7 heteroatoms. The smallest absolute Gasteiger partial charge is 0.410 e. The minimum atomic E-state index is -0.489. The Labute approximate surface area is 137 Å². The van der Waals surface area contributed by atoms with E-state index in [2.05, 4.69) is 17.4 Å². The Balaban J connectivity index is 1.86. The first kappa shape index (κ1) is 17.7. The van der Waals surface area contributed by atoms with E-state index in [-0.39, 0.29) is 18.2 Å². The Morgan fingerprint density at radius 1 is 1.57 bits per heavy atom. The second-order valence-electron chi connectivity index (χ2n) is 6.91. The first-order valence-corrected chi connectivity index (χ1v) is 8.05. The maximum atomic E-state index is 12.4. The third kappa shape index (κ3) is 5.84. The van der Waals surface area contributed by atoms with Gasteiger partial charge >= 0.3 is 6.09 Å². The monoisotopic (exact) mass is 325 g/mol. The van der Waals surface area contributed by atoms with Crippen LogP contribution in [0, 0.1) is 0 Å². The lowest BCUT2D eigenvalue weighted by atomic mass is 10.1. The van der Waals surface area contributed by atoms with Crippen molar-refractivity contribution in [1.82, 2.24) is 15.4 Å². The van der Waals surface area contributed by atoms with Crippen molar-refractivity contribution in [3.05, 3.63) is 18.0 Å². The highest BCUT2D eigenvalue weighted by Gasteiger charge is 2.31. The molecule has 2 atom stereocenters. The predicted molar refractivity (Wildman–Crippen MR) is 85.0 cm³/mol. The van der Waals surface area contributed by atoms with Gasteiger partial charge in [0.15, 0.2) is 0 Å². The number of rotatable bonds is 5. The van der Waals surface area contributed by atoms with Crippen molar-refractivity contribution < 1.29 is 18.8 Å². The highest BCUT2D eigenvalue weighted by molar-refractivity contribution is 5.68. The van der Waals surface area contributed by atoms with Crippen LogP contribution in [0.25, 0.3) is 0 Å². The van der Waals surface area contributed by atoms with E-state index in [9.17, 15) is 4.79 Å². The third-order valence-corrected chi connectivity index (χ3v) is 3.60. The van der Waals surface area contributed by atoms with Gasteiger partial charge in [-0.25, -0.2) is 4.79 Å². The highest BCUT2D eigenvalue weighted by atomic mass is 16.6. The molecular weight excluding hydrogens is 298 g/mol. The van der Waals surface area contributed by atoms with Crippen molar-refractivity contribution in [1.29, 1.82) is 0 Å². The van der Waals surface area contributed by atoms with E-state index >= 15 is 0 Å². The molecule has 130 valence electrons. The van der Waals surface area contributed by atoms with Crippen molar-refractivity contribution in [3.8, 4) is 0 Å². The Bertz CT molecular complexity index is 484. The molecule has 1 amide bonds. The second kappa shape index (κ2) is 7.79. The van der Waals surface area contributed by atoms with E-state index in [1.54, 1.807) is 11.2 Å². The molecule has 23 heavy (non-hydrogen) atoms. The maximum absolute atomic E-state index is 12.4. The van der Waals surface area contributed by atoms with Crippen LogP contribution in [0.5, 0.6) is 0 Å². The molecule has 1 aromatic heterocycles. The Morgan fingerprint density at radius 3 is 3.00 bits per heavy atom. The molecule has 0 aliphatic carbocycles. The quantitative estimate of drug-likeness (QED) is 0.894. The van der Waals surface area contributed by atoms with Gasteiger partial charge in [-0.3, -0.25) is 0 Å². The van der Waals surface area contributed by atoms with Crippen molar-refractivity contribution in [2.24, 2.45) is 0 Å². The number of hydrogen-bond acceptors (Lipinski definition) is 6. The predicted octanol–water partition coefficient (Wildman–Crippen LogP) is 2.18. The fourth-order valence-corrected chi connectivity index (χ4v) is 2.51. The number of hydrogen-bond donors (Lipinski definition) is 1. The zero-order valence-electron chi connectivity index (χ0n) is 14.4. The molecular formula is C16H27N3O4. The highest BCUT2D eigenvalue weighted by Crippen LogP contribution is 2.17. The van der Waals surface area contributed by atoms with Crippen LogP contribution in [0.15, 0.2) is 16.9 Å². The van der Waals surface area contributed by atoms with Crippen molar-refractivity contribution in [2.75, 3.05) is 19.8 Å². The van der Waals surface area contributed by atoms with E-state index in [0.29, 0.717) is 26.3 Å². The molecule has 2 unspecified atom stereocenters. The third-order valence-electron chi connectivity index (χ3n) is 3.60. The second-order valence-corrected chi connectivity index (χ2v) is 6.91. The van der Waals surface area contributed by atoms with Crippen molar-refractivity contribution in [3.63, 3.8) is 0 Å². The molecule has 0 radical (unpaired) electrons. The van der Waals surface area contributed by atoms with Gasteiger partial charge in [-0.05, 0) is 34.1 Å². The Hall–Kier alpha value is -1.60. The van der Waals surface area contributed by atoms with Crippen molar-refractivity contribution >= 4 is 6.09 Å². The van der Waals surface area contributed by atoms with E-state index in [4.69, 9.17) is 14.0 Å². The van der Waals surface area contributed by atoms with Gasteiger partial charge in [0, 0.05) is 25.2 Å². The molecule has 1 aromatic rings. The zero-order valence-corrected chi connectivity index (χ0v) is 14.4. The summed E-state index contributed by atoms with van der Waals surface area (Å²) >= 11 is 0. The molecule has 0 aromatic carbocycles. The minimum Gasteiger partial charge on any atom is -0.444 e. The SMILES string of the molecule is CC(CC1COCCN1C(=O)OC(C)(C)C)NCc1ccon1. The topological polar surface area (TPSA) is 76.8 Å². The number of nitrogens with zero attached hydrogens (tertiary/aromatic N) is 2. The summed E-state index contributed by atoms with van der Waals surface area (Å²) in [6.07, 6.45) is 2.08. The van der Waals surface area contributed by atoms with Crippen LogP contribution >= 0.6 is 0 Å². The number of carbonyl (C=O) groups is 1. The lowest BCUT2D eigenvalue weighted by Gasteiger charge is -2.37. The lowest BCUT2D eigenvalue weighted by Crippen LogP contribution is -2.52. The van der Waals surface area contributed by atoms with Crippen molar-refractivity contribution in [2.45, 2.75) is 58.3 Å². The van der Waals surface area contributed by atoms with Gasteiger partial charge in [0.1, 0.15) is 11.9 Å². The van der Waals surface area contributed by atoms with Crippen LogP contribution in [-0.2, 0) is 16.0 Å². The number of morpholine rings is 1. The molecule has 1 aliphatic rings. The summed E-state index contributed by atoms with van der Waals surface area (Å²) in [5.74, 6) is 0. The first-order chi connectivity index (χ1) is 10.8. The lowest BCUT2D eigenvalue weighted by molar-refractivity contribution is -0.0356. The number of ether oxygens (including phenoxy) is 2. The minimum absolute atomic E-state index is 0.0124. The molecule has 1 saturated heterocycles. The largest absolute Gasteiger partial charge is 0.444 e. The molecule has 1 fully saturated rings. The number of aromatic nitrogens is 1. The van der Waals surface area contributed by atoms with Crippen LogP contribution < -0.4 is 5.32 Å². The molecule has 1 N–H and O–H groups in total. The summed E-state index contributed by atoms with van der Waals surface area (Å²) in [4.78, 5) is 14.1. The fourth-order valence-electron chi connectivity index (χ4n) is 2.51. The van der Waals surface area contributed by atoms with E-state index in [1.807, 2.05) is 26.8 Å². The Morgan fingerprint density at radius 2 is 2.35 bits per heavy atom. The van der Waals surface area contributed by atoms with Gasteiger partial charge in [-0.1, -0.05) is 5.16 Å². The normalized spacial score (nSPS) is 20.3.